The van der Waals surface area contributed by atoms with Gasteiger partial charge in [-0.2, -0.15) is 0 Å². The number of nitrogens with zero attached hydrogens (tertiary/aromatic N) is 2. The average Bonchev–Trinajstić information content (AvgIpc) is 3.58. The van der Waals surface area contributed by atoms with Gasteiger partial charge in [-0.15, -0.1) is 0 Å². The first-order valence-electron chi connectivity index (χ1n) is 11.5. The van der Waals surface area contributed by atoms with E-state index in [0.717, 1.165) is 4.70 Å². The second kappa shape index (κ2) is 10.5. The molecule has 0 unspecified atom stereocenters. The van der Waals surface area contributed by atoms with Gasteiger partial charge in [0.2, 0.25) is 0 Å². The second-order valence-electron chi connectivity index (χ2n) is 8.00. The number of para-hydroxylation sites is 1. The van der Waals surface area contributed by atoms with Crippen molar-refractivity contribution >= 4 is 48.3 Å². The first kappa shape index (κ1) is 24.5. The third-order valence-corrected chi connectivity index (χ3v) is 7.92. The molecule has 1 N–H and O–H groups in total. The first-order chi connectivity index (χ1) is 17.9. The molecule has 0 radical (unpaired) electrons. The second-order valence-corrected chi connectivity index (χ2v) is 10.7. The molecule has 0 saturated carbocycles. The molecular formula is C27H23N3O5S2. The summed E-state index contributed by atoms with van der Waals surface area (Å²) in [5, 5.41) is 0.498. The summed E-state index contributed by atoms with van der Waals surface area (Å²) < 4.78 is 39.9. The van der Waals surface area contributed by atoms with Gasteiger partial charge in [-0.3, -0.25) is 14.4 Å². The summed E-state index contributed by atoms with van der Waals surface area (Å²) in [5.74, 6) is 0.957. The van der Waals surface area contributed by atoms with Crippen LogP contribution in [0.4, 0.5) is 10.8 Å². The zero-order valence-corrected chi connectivity index (χ0v) is 21.5. The maximum atomic E-state index is 13.7. The Morgan fingerprint density at radius 3 is 2.49 bits per heavy atom. The number of sulfonamides is 1. The lowest BCUT2D eigenvalue weighted by molar-refractivity contribution is 0.0983. The fourth-order valence-electron chi connectivity index (χ4n) is 3.73. The molecule has 8 nitrogen and oxygen atoms in total. The Kier molecular flexibility index (Phi) is 6.93. The molecule has 2 heterocycles. The molecule has 0 atom stereocenters. The summed E-state index contributed by atoms with van der Waals surface area (Å²) in [6.07, 6.45) is 1.55. The number of aromatic nitrogens is 1. The first-order valence-corrected chi connectivity index (χ1v) is 13.8. The van der Waals surface area contributed by atoms with Crippen molar-refractivity contribution in [2.24, 2.45) is 0 Å². The zero-order chi connectivity index (χ0) is 25.8. The summed E-state index contributed by atoms with van der Waals surface area (Å²) in [5.41, 5.74) is 1.41. The van der Waals surface area contributed by atoms with Gasteiger partial charge < -0.3 is 9.15 Å². The van der Waals surface area contributed by atoms with Gasteiger partial charge in [0.25, 0.3) is 15.9 Å². The molecule has 2 aromatic heterocycles. The average molecular weight is 534 g/mol. The van der Waals surface area contributed by atoms with Gasteiger partial charge in [-0.05, 0) is 67.6 Å². The minimum Gasteiger partial charge on any atom is -0.492 e. The van der Waals surface area contributed by atoms with E-state index in [1.54, 1.807) is 65.8 Å². The number of hydrogen-bond donors (Lipinski definition) is 1. The van der Waals surface area contributed by atoms with E-state index in [-0.39, 0.29) is 17.3 Å². The van der Waals surface area contributed by atoms with Crippen molar-refractivity contribution < 1.29 is 22.4 Å². The van der Waals surface area contributed by atoms with E-state index in [9.17, 15) is 13.2 Å². The van der Waals surface area contributed by atoms with Crippen LogP contribution < -0.4 is 14.4 Å². The third kappa shape index (κ3) is 5.35. The molecular weight excluding hydrogens is 510 g/mol. The Morgan fingerprint density at radius 2 is 1.78 bits per heavy atom. The van der Waals surface area contributed by atoms with Crippen LogP contribution in [0.15, 0.2) is 101 Å². The van der Waals surface area contributed by atoms with Gasteiger partial charge in [0, 0.05) is 11.3 Å². The number of rotatable bonds is 9. The molecule has 5 aromatic rings. The van der Waals surface area contributed by atoms with Crippen molar-refractivity contribution in [1.82, 2.24) is 4.98 Å². The van der Waals surface area contributed by atoms with Crippen molar-refractivity contribution in [2.75, 3.05) is 16.2 Å². The molecule has 37 heavy (non-hydrogen) atoms. The number of fused-ring (bicyclic) bond motifs is 1. The minimum atomic E-state index is -3.74. The van der Waals surface area contributed by atoms with E-state index >= 15 is 0 Å². The molecule has 0 spiro atoms. The largest absolute Gasteiger partial charge is 0.492 e. The minimum absolute atomic E-state index is 0.155. The predicted octanol–water partition coefficient (Wildman–Crippen LogP) is 5.94. The van der Waals surface area contributed by atoms with Gasteiger partial charge >= 0.3 is 0 Å². The maximum Gasteiger partial charge on any atom is 0.261 e. The lowest BCUT2D eigenvalue weighted by atomic mass is 10.2. The van der Waals surface area contributed by atoms with Crippen molar-refractivity contribution in [3.63, 3.8) is 0 Å². The number of carbonyl (C=O) groups is 1. The SMILES string of the molecule is CCOc1cccc2sc(N(Cc3ccco3)C(=O)c3ccc(NS(=O)(=O)c4ccccc4)cc3)nc12. The van der Waals surface area contributed by atoms with Crippen LogP contribution in [0, 0.1) is 0 Å². The van der Waals surface area contributed by atoms with Gasteiger partial charge in [0.15, 0.2) is 5.13 Å². The monoisotopic (exact) mass is 533 g/mol. The third-order valence-electron chi connectivity index (χ3n) is 5.48. The Labute approximate surface area is 218 Å². The molecule has 5 rings (SSSR count). The van der Waals surface area contributed by atoms with Crippen LogP contribution >= 0.6 is 11.3 Å². The highest BCUT2D eigenvalue weighted by Gasteiger charge is 2.24. The fraction of sp³-hybridized carbons (Fsp3) is 0.111. The summed E-state index contributed by atoms with van der Waals surface area (Å²) >= 11 is 1.38. The van der Waals surface area contributed by atoms with E-state index < -0.39 is 10.0 Å². The smallest absolute Gasteiger partial charge is 0.261 e. The molecule has 0 aliphatic rings. The Balaban J connectivity index is 1.44. The quantitative estimate of drug-likeness (QED) is 0.252. The summed E-state index contributed by atoms with van der Waals surface area (Å²) in [7, 11) is -3.74. The Morgan fingerprint density at radius 1 is 1.00 bits per heavy atom. The zero-order valence-electron chi connectivity index (χ0n) is 19.8. The van der Waals surface area contributed by atoms with Crippen LogP contribution in [-0.2, 0) is 16.6 Å². The highest BCUT2D eigenvalue weighted by atomic mass is 32.2. The lowest BCUT2D eigenvalue weighted by Crippen LogP contribution is -2.30. The number of thiazole rings is 1. The van der Waals surface area contributed by atoms with Crippen LogP contribution in [0.5, 0.6) is 5.75 Å². The molecule has 0 bridgehead atoms. The number of nitrogens with one attached hydrogen (secondary N) is 1. The van der Waals surface area contributed by atoms with E-state index in [1.807, 2.05) is 25.1 Å². The highest BCUT2D eigenvalue weighted by Crippen LogP contribution is 2.35. The van der Waals surface area contributed by atoms with Crippen molar-refractivity contribution in [2.45, 2.75) is 18.4 Å². The summed E-state index contributed by atoms with van der Waals surface area (Å²) in [6, 6.07) is 23.6. The predicted molar refractivity (Wildman–Crippen MR) is 144 cm³/mol. The standard InChI is InChI=1S/C27H23N3O5S2/c1-2-34-23-11-6-12-24-25(23)28-27(36-24)30(18-21-8-7-17-35-21)26(31)19-13-15-20(16-14-19)29-37(32,33)22-9-4-3-5-10-22/h3-17,29H,2,18H2,1H3. The van der Waals surface area contributed by atoms with Crippen LogP contribution in [0.25, 0.3) is 10.2 Å². The maximum absolute atomic E-state index is 13.7. The number of furan rings is 1. The number of ether oxygens (including phenoxy) is 1. The topological polar surface area (TPSA) is 102 Å². The van der Waals surface area contributed by atoms with Crippen molar-refractivity contribution in [3.05, 3.63) is 103 Å². The molecule has 1 amide bonds. The van der Waals surface area contributed by atoms with Gasteiger partial charge in [0.1, 0.15) is 17.0 Å². The number of benzene rings is 3. The summed E-state index contributed by atoms with van der Waals surface area (Å²) in [4.78, 5) is 20.1. The molecule has 188 valence electrons. The van der Waals surface area contributed by atoms with Crippen molar-refractivity contribution in [3.8, 4) is 5.75 Å². The van der Waals surface area contributed by atoms with Gasteiger partial charge in [-0.25, -0.2) is 13.4 Å². The fourth-order valence-corrected chi connectivity index (χ4v) is 5.79. The van der Waals surface area contributed by atoms with E-state index in [0.29, 0.717) is 40.0 Å². The molecule has 0 aliphatic carbocycles. The number of hydrogen-bond acceptors (Lipinski definition) is 7. The van der Waals surface area contributed by atoms with Crippen LogP contribution in [0.1, 0.15) is 23.0 Å². The van der Waals surface area contributed by atoms with Crippen LogP contribution in [-0.4, -0.2) is 25.9 Å². The van der Waals surface area contributed by atoms with Gasteiger partial charge in [0.05, 0.1) is 29.0 Å². The normalized spacial score (nSPS) is 11.4. The number of anilines is 2. The van der Waals surface area contributed by atoms with E-state index in [1.165, 1.54) is 23.5 Å². The van der Waals surface area contributed by atoms with Crippen molar-refractivity contribution in [1.29, 1.82) is 0 Å². The Bertz CT molecular complexity index is 1610. The van der Waals surface area contributed by atoms with E-state index in [2.05, 4.69) is 4.72 Å². The molecule has 10 heteroatoms. The molecule has 0 aliphatic heterocycles. The number of carbonyl (C=O) groups excluding carboxylic acids is 1. The van der Waals surface area contributed by atoms with Crippen LogP contribution in [0.3, 0.4) is 0 Å². The highest BCUT2D eigenvalue weighted by molar-refractivity contribution is 7.92. The van der Waals surface area contributed by atoms with E-state index in [4.69, 9.17) is 14.1 Å². The molecule has 3 aromatic carbocycles. The van der Waals surface area contributed by atoms with Crippen LogP contribution in [0.2, 0.25) is 0 Å². The molecule has 0 saturated heterocycles. The Hall–Kier alpha value is -4.15. The number of amides is 1. The lowest BCUT2D eigenvalue weighted by Gasteiger charge is -2.19. The molecule has 0 fully saturated rings. The summed E-state index contributed by atoms with van der Waals surface area (Å²) in [6.45, 7) is 2.59. The van der Waals surface area contributed by atoms with Gasteiger partial charge in [-0.1, -0.05) is 35.6 Å².